The first kappa shape index (κ1) is 21.5. The molecule has 33 heavy (non-hydrogen) atoms. The van der Waals surface area contributed by atoms with Gasteiger partial charge in [-0.25, -0.2) is 9.97 Å². The topological polar surface area (TPSA) is 53.1 Å². The van der Waals surface area contributed by atoms with Gasteiger partial charge < -0.3 is 15.5 Å². The van der Waals surface area contributed by atoms with E-state index in [0.29, 0.717) is 5.11 Å². The summed E-state index contributed by atoms with van der Waals surface area (Å²) >= 11 is 8.87. The number of aromatic nitrogens is 2. The van der Waals surface area contributed by atoms with Crippen molar-refractivity contribution >= 4 is 68.1 Å². The monoisotopic (exact) mass is 487 g/mol. The van der Waals surface area contributed by atoms with E-state index in [9.17, 15) is 0 Å². The molecule has 0 fully saturated rings. The smallest absolute Gasteiger partial charge is 0.175 e. The third-order valence-corrected chi connectivity index (χ3v) is 7.03. The molecule has 2 N–H and O–H groups in total. The summed E-state index contributed by atoms with van der Waals surface area (Å²) in [5.41, 5.74) is 6.41. The van der Waals surface area contributed by atoms with Crippen molar-refractivity contribution in [2.45, 2.75) is 0 Å². The number of anilines is 3. The zero-order chi connectivity index (χ0) is 22.8. The molecule has 164 valence electrons. The van der Waals surface area contributed by atoms with E-state index in [-0.39, 0.29) is 0 Å². The number of hydrogen-bond acceptors (Lipinski definition) is 6. The molecule has 0 saturated carbocycles. The van der Waals surface area contributed by atoms with Crippen LogP contribution in [0.25, 0.3) is 32.2 Å². The molecule has 0 aliphatic carbocycles. The van der Waals surface area contributed by atoms with Crippen molar-refractivity contribution in [3.8, 4) is 21.1 Å². The quantitative estimate of drug-likeness (QED) is 0.261. The first-order chi connectivity index (χ1) is 16.1. The van der Waals surface area contributed by atoms with Crippen LogP contribution in [0.4, 0.5) is 17.1 Å². The molecule has 0 amide bonds. The highest BCUT2D eigenvalue weighted by Crippen LogP contribution is 2.35. The maximum Gasteiger partial charge on any atom is 0.175 e. The third-order valence-electron chi connectivity index (χ3n) is 5.07. The molecule has 3 aromatic heterocycles. The lowest BCUT2D eigenvalue weighted by molar-refractivity contribution is 1.13. The van der Waals surface area contributed by atoms with Crippen LogP contribution in [0.3, 0.4) is 0 Å². The van der Waals surface area contributed by atoms with Crippen molar-refractivity contribution in [3.63, 3.8) is 0 Å². The average Bonchev–Trinajstić information content (AvgIpc) is 3.53. The Hall–Kier alpha value is -3.33. The van der Waals surface area contributed by atoms with Gasteiger partial charge in [0.2, 0.25) is 0 Å². The molecule has 3 heterocycles. The van der Waals surface area contributed by atoms with Gasteiger partial charge in [-0.1, -0.05) is 12.1 Å². The van der Waals surface area contributed by atoms with Crippen LogP contribution in [0.1, 0.15) is 0 Å². The van der Waals surface area contributed by atoms with Crippen LogP contribution in [0.5, 0.6) is 0 Å². The molecule has 0 spiro atoms. The molecular formula is C25H21N5S3. The van der Waals surface area contributed by atoms with E-state index in [1.54, 1.807) is 22.7 Å². The van der Waals surface area contributed by atoms with Crippen molar-refractivity contribution in [3.05, 3.63) is 77.5 Å². The second-order valence-electron chi connectivity index (χ2n) is 7.60. The van der Waals surface area contributed by atoms with Gasteiger partial charge in [0.15, 0.2) is 5.11 Å². The van der Waals surface area contributed by atoms with Gasteiger partial charge in [0.1, 0.15) is 11.4 Å². The van der Waals surface area contributed by atoms with E-state index in [1.807, 2.05) is 68.7 Å². The summed E-state index contributed by atoms with van der Waals surface area (Å²) in [6.45, 7) is 0. The summed E-state index contributed by atoms with van der Waals surface area (Å²) < 4.78 is 0. The molecule has 5 aromatic rings. The minimum atomic E-state index is 0.522. The number of nitrogens with one attached hydrogen (secondary N) is 2. The Morgan fingerprint density at radius 1 is 0.758 bits per heavy atom. The number of hydrogen-bond donors (Lipinski definition) is 2. The fourth-order valence-electron chi connectivity index (χ4n) is 3.44. The Bertz CT molecular complexity index is 1390. The Labute approximate surface area is 205 Å². The van der Waals surface area contributed by atoms with Crippen molar-refractivity contribution in [1.82, 2.24) is 9.97 Å². The van der Waals surface area contributed by atoms with E-state index in [0.717, 1.165) is 49.2 Å². The van der Waals surface area contributed by atoms with Crippen LogP contribution in [0.2, 0.25) is 0 Å². The molecule has 0 aliphatic rings. The Balaban J connectivity index is 1.42. The highest BCUT2D eigenvalue weighted by atomic mass is 32.1. The number of thiophene rings is 2. The Morgan fingerprint density at radius 3 is 1.91 bits per heavy atom. The summed E-state index contributed by atoms with van der Waals surface area (Å²) in [5, 5.41) is 11.1. The molecule has 0 unspecified atom stereocenters. The fourth-order valence-corrected chi connectivity index (χ4v) is 5.10. The van der Waals surface area contributed by atoms with Crippen LogP contribution in [0, 0.1) is 0 Å². The Kier molecular flexibility index (Phi) is 6.04. The lowest BCUT2D eigenvalue weighted by Gasteiger charge is -2.14. The summed E-state index contributed by atoms with van der Waals surface area (Å²) in [6.07, 6.45) is 0. The van der Waals surface area contributed by atoms with Gasteiger partial charge >= 0.3 is 0 Å². The zero-order valence-electron chi connectivity index (χ0n) is 18.1. The molecule has 0 bridgehead atoms. The van der Waals surface area contributed by atoms with Gasteiger partial charge in [0, 0.05) is 31.2 Å². The van der Waals surface area contributed by atoms with Gasteiger partial charge in [-0.05, 0) is 77.6 Å². The van der Waals surface area contributed by atoms with Crippen molar-refractivity contribution in [2.24, 2.45) is 0 Å². The van der Waals surface area contributed by atoms with Crippen LogP contribution >= 0.6 is 34.9 Å². The number of fused-ring (bicyclic) bond motifs is 1. The number of nitrogens with zero attached hydrogens (tertiary/aromatic N) is 3. The normalized spacial score (nSPS) is 10.8. The van der Waals surface area contributed by atoms with Gasteiger partial charge in [0.05, 0.1) is 20.8 Å². The molecular weight excluding hydrogens is 467 g/mol. The van der Waals surface area contributed by atoms with Crippen molar-refractivity contribution in [2.75, 3.05) is 29.6 Å². The summed E-state index contributed by atoms with van der Waals surface area (Å²) in [4.78, 5) is 14.2. The number of rotatable bonds is 5. The standard InChI is InChI=1S/C25H21N5S3/c1-30(2)18-10-7-16(8-11-18)26-25(31)27-17-9-12-19-20(15-17)29-24(22-6-4-14-33-22)23(28-19)21-5-3-13-32-21/h3-15H,1-2H3,(H2,26,27,31). The van der Waals surface area contributed by atoms with Gasteiger partial charge in [-0.2, -0.15) is 0 Å². The molecule has 5 rings (SSSR count). The predicted octanol–water partition coefficient (Wildman–Crippen LogP) is 6.96. The van der Waals surface area contributed by atoms with E-state index in [2.05, 4.69) is 38.4 Å². The average molecular weight is 488 g/mol. The lowest BCUT2D eigenvalue weighted by atomic mass is 10.2. The Morgan fingerprint density at radius 2 is 1.33 bits per heavy atom. The highest BCUT2D eigenvalue weighted by Gasteiger charge is 2.15. The molecule has 8 heteroatoms. The first-order valence-corrected chi connectivity index (χ1v) is 12.5. The van der Waals surface area contributed by atoms with Crippen LogP contribution in [0.15, 0.2) is 77.5 Å². The molecule has 0 radical (unpaired) electrons. The van der Waals surface area contributed by atoms with Crippen molar-refractivity contribution in [1.29, 1.82) is 0 Å². The lowest BCUT2D eigenvalue weighted by Crippen LogP contribution is -2.19. The molecule has 5 nitrogen and oxygen atoms in total. The minimum absolute atomic E-state index is 0.522. The van der Waals surface area contributed by atoms with E-state index >= 15 is 0 Å². The van der Waals surface area contributed by atoms with E-state index in [4.69, 9.17) is 22.2 Å². The second kappa shape index (κ2) is 9.27. The maximum absolute atomic E-state index is 5.53. The molecule has 0 aliphatic heterocycles. The number of thiocarbonyl (C=S) groups is 1. The third kappa shape index (κ3) is 4.73. The van der Waals surface area contributed by atoms with Crippen LogP contribution in [-0.2, 0) is 0 Å². The predicted molar refractivity (Wildman–Crippen MR) is 147 cm³/mol. The molecule has 0 atom stereocenters. The second-order valence-corrected chi connectivity index (χ2v) is 9.90. The minimum Gasteiger partial charge on any atom is -0.378 e. The van der Waals surface area contributed by atoms with Crippen molar-refractivity contribution < 1.29 is 0 Å². The fraction of sp³-hybridized carbons (Fsp3) is 0.0800. The first-order valence-electron chi connectivity index (χ1n) is 10.3. The van der Waals surface area contributed by atoms with Crippen LogP contribution < -0.4 is 15.5 Å². The van der Waals surface area contributed by atoms with Gasteiger partial charge in [-0.3, -0.25) is 0 Å². The maximum atomic E-state index is 5.53. The largest absolute Gasteiger partial charge is 0.378 e. The van der Waals surface area contributed by atoms with E-state index in [1.165, 1.54) is 0 Å². The highest BCUT2D eigenvalue weighted by molar-refractivity contribution is 7.80. The molecule has 2 aromatic carbocycles. The molecule has 0 saturated heterocycles. The SMILES string of the molecule is CN(C)c1ccc(NC(=S)Nc2ccc3nc(-c4cccs4)c(-c4cccs4)nc3c2)cc1. The van der Waals surface area contributed by atoms with Gasteiger partial charge in [0.25, 0.3) is 0 Å². The van der Waals surface area contributed by atoms with Crippen LogP contribution in [-0.4, -0.2) is 29.2 Å². The summed E-state index contributed by atoms with van der Waals surface area (Å²) in [6, 6.07) is 22.3. The van der Waals surface area contributed by atoms with Gasteiger partial charge in [-0.15, -0.1) is 22.7 Å². The summed E-state index contributed by atoms with van der Waals surface area (Å²) in [7, 11) is 4.04. The zero-order valence-corrected chi connectivity index (χ0v) is 20.5. The number of benzene rings is 2. The summed E-state index contributed by atoms with van der Waals surface area (Å²) in [5.74, 6) is 0. The van der Waals surface area contributed by atoms with E-state index < -0.39 is 0 Å².